The smallest absolute Gasteiger partial charge is 0.0411 e. The second kappa shape index (κ2) is 7.17. The minimum Gasteiger partial charge on any atom is -0.345 e. The Morgan fingerprint density at radius 3 is 2.36 bits per heavy atom. The summed E-state index contributed by atoms with van der Waals surface area (Å²) < 4.78 is 0. The van der Waals surface area contributed by atoms with Gasteiger partial charge in [-0.15, -0.1) is 12.4 Å². The highest BCUT2D eigenvalue weighted by Crippen LogP contribution is 2.28. The lowest BCUT2D eigenvalue weighted by atomic mass is 9.98. The molecule has 0 saturated heterocycles. The van der Waals surface area contributed by atoms with Crippen molar-refractivity contribution in [1.29, 1.82) is 0 Å². The second-order valence-corrected chi connectivity index (χ2v) is 6.16. The van der Waals surface area contributed by atoms with E-state index in [2.05, 4.69) is 79.2 Å². The normalized spacial score (nSPS) is 14.4. The van der Waals surface area contributed by atoms with Gasteiger partial charge < -0.3 is 4.90 Å². The summed E-state index contributed by atoms with van der Waals surface area (Å²) in [5, 5.41) is 0. The molecule has 0 amide bonds. The maximum atomic E-state index is 2.55. The molecule has 0 bridgehead atoms. The lowest BCUT2D eigenvalue weighted by Crippen LogP contribution is -2.35. The van der Waals surface area contributed by atoms with E-state index < -0.39 is 0 Å². The molecule has 1 heterocycles. The van der Waals surface area contributed by atoms with E-state index >= 15 is 0 Å². The van der Waals surface area contributed by atoms with Crippen LogP contribution in [0.1, 0.15) is 25.0 Å². The summed E-state index contributed by atoms with van der Waals surface area (Å²) in [6.07, 6.45) is 1.17. The SMILES string of the molecule is CC(C)N1CCc2ccc(N(C)c3ccccc3)cc2C1.Cl. The molecule has 0 unspecified atom stereocenters. The van der Waals surface area contributed by atoms with Crippen molar-refractivity contribution < 1.29 is 0 Å². The highest BCUT2D eigenvalue weighted by Gasteiger charge is 2.19. The number of hydrogen-bond donors (Lipinski definition) is 0. The van der Waals surface area contributed by atoms with Crippen molar-refractivity contribution in [2.45, 2.75) is 32.9 Å². The molecule has 2 aromatic carbocycles. The van der Waals surface area contributed by atoms with E-state index in [4.69, 9.17) is 0 Å². The first-order chi connectivity index (χ1) is 10.1. The van der Waals surface area contributed by atoms with Gasteiger partial charge in [0, 0.05) is 37.6 Å². The highest BCUT2D eigenvalue weighted by atomic mass is 35.5. The van der Waals surface area contributed by atoms with Crippen LogP contribution < -0.4 is 4.90 Å². The van der Waals surface area contributed by atoms with Gasteiger partial charge in [0.2, 0.25) is 0 Å². The van der Waals surface area contributed by atoms with Crippen LogP contribution in [-0.4, -0.2) is 24.5 Å². The van der Waals surface area contributed by atoms with Crippen LogP contribution in [0.25, 0.3) is 0 Å². The summed E-state index contributed by atoms with van der Waals surface area (Å²) in [5.41, 5.74) is 5.49. The Morgan fingerprint density at radius 1 is 0.955 bits per heavy atom. The first-order valence-corrected chi connectivity index (χ1v) is 7.80. The standard InChI is InChI=1S/C19H24N2.ClH/c1-15(2)21-12-11-16-9-10-19(13-17(16)14-21)20(3)18-7-5-4-6-8-18;/h4-10,13,15H,11-12,14H2,1-3H3;1H. The zero-order chi connectivity index (χ0) is 14.8. The zero-order valence-corrected chi connectivity index (χ0v) is 14.4. The first kappa shape index (κ1) is 16.9. The molecular weight excluding hydrogens is 292 g/mol. The lowest BCUT2D eigenvalue weighted by molar-refractivity contribution is 0.203. The van der Waals surface area contributed by atoms with Gasteiger partial charge in [-0.2, -0.15) is 0 Å². The Labute approximate surface area is 140 Å². The summed E-state index contributed by atoms with van der Waals surface area (Å²) in [5.74, 6) is 0. The Bertz CT molecular complexity index is 610. The van der Waals surface area contributed by atoms with Crippen LogP contribution in [0.15, 0.2) is 48.5 Å². The van der Waals surface area contributed by atoms with E-state index in [1.165, 1.54) is 35.5 Å². The van der Waals surface area contributed by atoms with Crippen LogP contribution in [0.3, 0.4) is 0 Å². The quantitative estimate of drug-likeness (QED) is 0.813. The second-order valence-electron chi connectivity index (χ2n) is 6.16. The fourth-order valence-electron chi connectivity index (χ4n) is 3.02. The van der Waals surface area contributed by atoms with Gasteiger partial charge >= 0.3 is 0 Å². The van der Waals surface area contributed by atoms with Gasteiger partial charge in [0.15, 0.2) is 0 Å². The van der Waals surface area contributed by atoms with Crippen LogP contribution in [-0.2, 0) is 13.0 Å². The molecule has 0 fully saturated rings. The Balaban J connectivity index is 0.00000176. The maximum absolute atomic E-state index is 2.55. The fraction of sp³-hybridized carbons (Fsp3) is 0.368. The van der Waals surface area contributed by atoms with Crippen molar-refractivity contribution in [2.24, 2.45) is 0 Å². The molecule has 0 N–H and O–H groups in total. The van der Waals surface area contributed by atoms with Gasteiger partial charge in [0.1, 0.15) is 0 Å². The third-order valence-corrected chi connectivity index (χ3v) is 4.49. The van der Waals surface area contributed by atoms with E-state index in [-0.39, 0.29) is 12.4 Å². The van der Waals surface area contributed by atoms with E-state index in [0.29, 0.717) is 6.04 Å². The molecule has 1 aliphatic rings. The maximum Gasteiger partial charge on any atom is 0.0411 e. The van der Waals surface area contributed by atoms with Crippen LogP contribution in [0, 0.1) is 0 Å². The number of para-hydroxylation sites is 1. The van der Waals surface area contributed by atoms with Crippen LogP contribution in [0.4, 0.5) is 11.4 Å². The van der Waals surface area contributed by atoms with Crippen molar-refractivity contribution in [3.8, 4) is 0 Å². The first-order valence-electron chi connectivity index (χ1n) is 7.80. The Morgan fingerprint density at radius 2 is 1.68 bits per heavy atom. The van der Waals surface area contributed by atoms with Crippen molar-refractivity contribution in [3.63, 3.8) is 0 Å². The molecule has 0 saturated carbocycles. The number of anilines is 2. The molecule has 22 heavy (non-hydrogen) atoms. The molecule has 118 valence electrons. The van der Waals surface area contributed by atoms with Crippen LogP contribution >= 0.6 is 12.4 Å². The van der Waals surface area contributed by atoms with Crippen molar-refractivity contribution in [1.82, 2.24) is 4.90 Å². The number of nitrogens with zero attached hydrogens (tertiary/aromatic N) is 2. The minimum atomic E-state index is 0. The van der Waals surface area contributed by atoms with Gasteiger partial charge in [0.05, 0.1) is 0 Å². The number of halogens is 1. The average Bonchev–Trinajstić information content (AvgIpc) is 2.54. The van der Waals surface area contributed by atoms with Crippen molar-refractivity contribution >= 4 is 23.8 Å². The third-order valence-electron chi connectivity index (χ3n) is 4.49. The Hall–Kier alpha value is -1.51. The van der Waals surface area contributed by atoms with Gasteiger partial charge in [-0.1, -0.05) is 24.3 Å². The molecule has 0 atom stereocenters. The summed E-state index contributed by atoms with van der Waals surface area (Å²) in [7, 11) is 2.14. The monoisotopic (exact) mass is 316 g/mol. The molecule has 3 rings (SSSR count). The van der Waals surface area contributed by atoms with Gasteiger partial charge in [-0.05, 0) is 55.7 Å². The molecule has 0 spiro atoms. The predicted octanol–water partition coefficient (Wildman–Crippen LogP) is 4.64. The summed E-state index contributed by atoms with van der Waals surface area (Å²) >= 11 is 0. The fourth-order valence-corrected chi connectivity index (χ4v) is 3.02. The average molecular weight is 317 g/mol. The zero-order valence-electron chi connectivity index (χ0n) is 13.6. The summed E-state index contributed by atoms with van der Waals surface area (Å²) in [6.45, 7) is 6.82. The number of hydrogen-bond acceptors (Lipinski definition) is 2. The Kier molecular flexibility index (Phi) is 5.49. The lowest BCUT2D eigenvalue weighted by Gasteiger charge is -2.32. The molecular formula is C19H25ClN2. The molecule has 2 nitrogen and oxygen atoms in total. The topological polar surface area (TPSA) is 6.48 Å². The number of benzene rings is 2. The van der Waals surface area contributed by atoms with E-state index in [0.717, 1.165) is 6.54 Å². The molecule has 1 aliphatic heterocycles. The minimum absolute atomic E-state index is 0. The largest absolute Gasteiger partial charge is 0.345 e. The highest BCUT2D eigenvalue weighted by molar-refractivity contribution is 5.85. The molecule has 3 heteroatoms. The van der Waals surface area contributed by atoms with Crippen molar-refractivity contribution in [3.05, 3.63) is 59.7 Å². The summed E-state index contributed by atoms with van der Waals surface area (Å²) in [4.78, 5) is 4.81. The third kappa shape index (κ3) is 3.45. The molecule has 0 aliphatic carbocycles. The van der Waals surface area contributed by atoms with Crippen LogP contribution in [0.5, 0.6) is 0 Å². The van der Waals surface area contributed by atoms with Crippen molar-refractivity contribution in [2.75, 3.05) is 18.5 Å². The van der Waals surface area contributed by atoms with E-state index in [1.807, 2.05) is 0 Å². The molecule has 0 aromatic heterocycles. The molecule has 0 radical (unpaired) electrons. The predicted molar refractivity (Wildman–Crippen MR) is 97.4 cm³/mol. The number of rotatable bonds is 3. The van der Waals surface area contributed by atoms with E-state index in [1.54, 1.807) is 0 Å². The molecule has 2 aromatic rings. The van der Waals surface area contributed by atoms with Gasteiger partial charge in [-0.25, -0.2) is 0 Å². The number of fused-ring (bicyclic) bond motifs is 1. The summed E-state index contributed by atoms with van der Waals surface area (Å²) in [6, 6.07) is 18.1. The van der Waals surface area contributed by atoms with Gasteiger partial charge in [-0.3, -0.25) is 4.90 Å². The van der Waals surface area contributed by atoms with E-state index in [9.17, 15) is 0 Å². The van der Waals surface area contributed by atoms with Gasteiger partial charge in [0.25, 0.3) is 0 Å². The van der Waals surface area contributed by atoms with Crippen LogP contribution in [0.2, 0.25) is 0 Å².